The second-order valence-corrected chi connectivity index (χ2v) is 24.9. The Morgan fingerprint density at radius 2 is 0.864 bits per heavy atom. The van der Waals surface area contributed by atoms with Gasteiger partial charge in [0.1, 0.15) is 0 Å². The van der Waals surface area contributed by atoms with E-state index < -0.39 is 47.0 Å². The van der Waals surface area contributed by atoms with E-state index in [0.29, 0.717) is 43.8 Å². The van der Waals surface area contributed by atoms with Crippen molar-refractivity contribution >= 4 is 29.7 Å². The molecule has 66 heavy (non-hydrogen) atoms. The Balaban J connectivity index is 0.000000250. The van der Waals surface area contributed by atoms with E-state index in [4.69, 9.17) is 0 Å². The van der Waals surface area contributed by atoms with Crippen LogP contribution in [0.1, 0.15) is 87.0 Å². The number of hydrogen-bond donors (Lipinski definition) is 0. The first-order valence-electron chi connectivity index (χ1n) is 21.1. The van der Waals surface area contributed by atoms with Crippen LogP contribution < -0.4 is 45.7 Å². The first kappa shape index (κ1) is 55.3. The van der Waals surface area contributed by atoms with Crippen LogP contribution in [0.15, 0.2) is 96.1 Å². The average molecular weight is 1060 g/mol. The third kappa shape index (κ3) is 14.6. The van der Waals surface area contributed by atoms with Crippen molar-refractivity contribution in [3.8, 4) is 22.3 Å². The van der Waals surface area contributed by atoms with Gasteiger partial charge in [-0.1, -0.05) is 86.8 Å². The number of hydrogen-bond acceptors (Lipinski definition) is 0. The Morgan fingerprint density at radius 3 is 1.12 bits per heavy atom. The third-order valence-electron chi connectivity index (χ3n) is 11.4. The van der Waals surface area contributed by atoms with E-state index in [1.54, 1.807) is 71.9 Å². The summed E-state index contributed by atoms with van der Waals surface area (Å²) in [4.78, 5) is 0. The van der Waals surface area contributed by atoms with Gasteiger partial charge in [-0.2, -0.15) is 52.7 Å². The van der Waals surface area contributed by atoms with Crippen LogP contribution in [0, 0.1) is 11.8 Å². The molecule has 0 saturated heterocycles. The van der Waals surface area contributed by atoms with E-state index in [-0.39, 0.29) is 53.5 Å². The molecule has 0 bridgehead atoms. The largest absolute Gasteiger partial charge is 1.00 e. The Morgan fingerprint density at radius 1 is 0.545 bits per heavy atom. The van der Waals surface area contributed by atoms with Gasteiger partial charge in [0.2, 0.25) is 0 Å². The van der Waals surface area contributed by atoms with Crippen molar-refractivity contribution in [3.63, 3.8) is 0 Å². The zero-order chi connectivity index (χ0) is 46.6. The van der Waals surface area contributed by atoms with Gasteiger partial charge in [-0.15, -0.1) is 80.6 Å². The van der Waals surface area contributed by atoms with Gasteiger partial charge in [0.25, 0.3) is 0 Å². The molecule has 2 fully saturated rings. The molecule has 8 rings (SSSR count). The van der Waals surface area contributed by atoms with Gasteiger partial charge in [0, 0.05) is 0 Å². The molecular weight excluding hydrogens is 1020 g/mol. The van der Waals surface area contributed by atoms with E-state index in [0.717, 1.165) is 86.8 Å². The fraction of sp³-hybridized carbons (Fsp3) is 0.360. The summed E-state index contributed by atoms with van der Waals surface area (Å²) in [6.45, 7) is 4.66. The molecule has 2 saturated carbocycles. The van der Waals surface area contributed by atoms with E-state index in [1.165, 1.54) is 12.5 Å². The zero-order valence-corrected chi connectivity index (χ0v) is 40.7. The quantitative estimate of drug-likeness (QED) is 0.107. The molecule has 0 amide bonds. The van der Waals surface area contributed by atoms with Crippen LogP contribution in [0.4, 0.5) is 52.7 Å². The fourth-order valence-corrected chi connectivity index (χ4v) is 11.0. The Bertz CT molecular complexity index is 2440. The van der Waals surface area contributed by atoms with Crippen molar-refractivity contribution in [2.45, 2.75) is 102 Å². The Hall–Kier alpha value is -3.32. The minimum Gasteiger partial charge on any atom is -1.00 e. The number of benzene rings is 4. The molecule has 0 radical (unpaired) electrons. The molecule has 0 N–H and O–H groups in total. The summed E-state index contributed by atoms with van der Waals surface area (Å²) in [6.07, 6.45) is 5.17. The van der Waals surface area contributed by atoms with Crippen molar-refractivity contribution < 1.29 is 101 Å². The zero-order valence-electron chi connectivity index (χ0n) is 35.8. The van der Waals surface area contributed by atoms with Crippen molar-refractivity contribution in [3.05, 3.63) is 139 Å². The van der Waals surface area contributed by atoms with Gasteiger partial charge in [-0.05, 0) is 59.4 Å². The molecule has 16 heteroatoms. The summed E-state index contributed by atoms with van der Waals surface area (Å²) >= 11 is 1.79. The molecule has 0 aromatic heterocycles. The SMILES string of the molecule is CCC[Si](C)=[Zr+2].FC(F)(F)c1cc(-c2cccc3c2=CC(=CC2CCCC2)[C-]=3)cc(C(F)(F)F)c1.FC(F)(F)c1cc(-c2cccc3c2=CC(=CC2CCCC2)[C-]=3)cc(C(F)(F)F)c1.[Cl-].[Cl-]. The first-order chi connectivity index (χ1) is 30.0. The normalized spacial score (nSPS) is 17.2. The number of fused-ring (bicyclic) bond motifs is 2. The molecule has 0 nitrogen and oxygen atoms in total. The summed E-state index contributed by atoms with van der Waals surface area (Å²) in [5, 5.41) is 2.56. The molecule has 0 atom stereocenters. The van der Waals surface area contributed by atoms with E-state index in [2.05, 4.69) is 37.8 Å². The smallest absolute Gasteiger partial charge is 0.416 e. The van der Waals surface area contributed by atoms with E-state index >= 15 is 0 Å². The minimum absolute atomic E-state index is 0. The number of allylic oxidation sites excluding steroid dienone is 4. The van der Waals surface area contributed by atoms with Crippen LogP contribution in [0.5, 0.6) is 0 Å². The topological polar surface area (TPSA) is 0 Å². The van der Waals surface area contributed by atoms with Gasteiger partial charge in [0.15, 0.2) is 0 Å². The monoisotopic (exact) mass is 1060 g/mol. The van der Waals surface area contributed by atoms with Crippen molar-refractivity contribution in [2.75, 3.05) is 0 Å². The van der Waals surface area contributed by atoms with Crippen LogP contribution in [-0.4, -0.2) is 5.43 Å². The maximum absolute atomic E-state index is 13.2. The number of halogens is 14. The maximum Gasteiger partial charge on any atom is 0.416 e. The van der Waals surface area contributed by atoms with Crippen LogP contribution in [0.2, 0.25) is 12.6 Å². The van der Waals surface area contributed by atoms with Crippen LogP contribution >= 0.6 is 0 Å². The number of alkyl halides is 12. The molecule has 4 aliphatic carbocycles. The van der Waals surface area contributed by atoms with Gasteiger partial charge < -0.3 is 24.8 Å². The van der Waals surface area contributed by atoms with Crippen LogP contribution in [0.3, 0.4) is 0 Å². The fourth-order valence-electron chi connectivity index (χ4n) is 8.39. The second kappa shape index (κ2) is 22.9. The summed E-state index contributed by atoms with van der Waals surface area (Å²) in [5.74, 6) is 0.883. The van der Waals surface area contributed by atoms with E-state index in [1.807, 2.05) is 0 Å². The average Bonchev–Trinajstić information content (AvgIpc) is 4.05. The molecule has 0 spiro atoms. The van der Waals surface area contributed by atoms with Gasteiger partial charge in [0.05, 0.1) is 22.3 Å². The van der Waals surface area contributed by atoms with Gasteiger partial charge >= 0.3 is 79.4 Å². The summed E-state index contributed by atoms with van der Waals surface area (Å²) in [6, 6.07) is 14.8. The van der Waals surface area contributed by atoms with Gasteiger partial charge in [-0.3, -0.25) is 0 Å². The molecule has 0 unspecified atom stereocenters. The van der Waals surface area contributed by atoms with E-state index in [9.17, 15) is 52.7 Å². The summed E-state index contributed by atoms with van der Waals surface area (Å²) < 4.78 is 159. The molecule has 0 heterocycles. The number of rotatable bonds is 6. The van der Waals surface area contributed by atoms with Crippen molar-refractivity contribution in [1.29, 1.82) is 0 Å². The molecule has 4 aliphatic rings. The summed E-state index contributed by atoms with van der Waals surface area (Å²) in [5.41, 5.74) is -2.92. The Kier molecular flexibility index (Phi) is 19.1. The standard InChI is InChI=1S/2C23H17F6.C4H10Si.2ClH.Zr/c2*24-22(25,26)18-11-17(12-19(13-18)23(27,28)29)20-7-3-6-16-9-15(10-21(16)20)8-14-4-1-2-5-14;1-3-4-5-2;;;/h2*3,6-8,10-14H,1-2,4-5H2;3-4H2,1-2H3;2*1H;/q2*-1;;;;+2/p-2. The molecule has 4 aromatic carbocycles. The molecular formula is C50H44Cl2F12SiZr-2. The van der Waals surface area contributed by atoms with Crippen LogP contribution in [-0.2, 0) is 48.0 Å². The van der Waals surface area contributed by atoms with Crippen molar-refractivity contribution in [2.24, 2.45) is 11.8 Å². The molecule has 4 aromatic rings. The minimum atomic E-state index is -4.87. The van der Waals surface area contributed by atoms with Gasteiger partial charge in [-0.25, -0.2) is 0 Å². The third-order valence-corrected chi connectivity index (χ3v) is 14.5. The predicted octanol–water partition coefficient (Wildman–Crippen LogP) is 7.49. The van der Waals surface area contributed by atoms with Crippen molar-refractivity contribution in [1.82, 2.24) is 0 Å². The second-order valence-electron chi connectivity index (χ2n) is 16.5. The molecule has 0 aliphatic heterocycles. The molecule has 352 valence electrons. The first-order valence-corrected chi connectivity index (χ1v) is 27.0. The summed E-state index contributed by atoms with van der Waals surface area (Å²) in [7, 11) is 0. The maximum atomic E-state index is 13.2. The Labute approximate surface area is 403 Å². The predicted molar refractivity (Wildman–Crippen MR) is 225 cm³/mol. The van der Waals surface area contributed by atoms with Crippen LogP contribution in [0.25, 0.3) is 46.6 Å².